The molecule has 0 aliphatic carbocycles. The Kier molecular flexibility index (Phi) is 9.94. The maximum Gasteiger partial charge on any atom is 0.120 e. The van der Waals surface area contributed by atoms with E-state index in [0.29, 0.717) is 5.92 Å². The van der Waals surface area contributed by atoms with Gasteiger partial charge >= 0.3 is 0 Å². The van der Waals surface area contributed by atoms with Crippen LogP contribution < -0.4 is 0 Å². The third-order valence-corrected chi connectivity index (χ3v) is 9.13. The number of furan rings is 2. The Bertz CT molecular complexity index is 2590. The Morgan fingerprint density at radius 1 is 0.647 bits per heavy atom. The monoisotopic (exact) mass is 841 g/mol. The summed E-state index contributed by atoms with van der Waals surface area (Å²) in [6.07, 6.45) is 5.65. The smallest absolute Gasteiger partial charge is 0.120 e. The molecule has 0 saturated carbocycles. The summed E-state index contributed by atoms with van der Waals surface area (Å²) in [4.78, 5) is 9.14. The Balaban J connectivity index is 0.000000174. The van der Waals surface area contributed by atoms with Gasteiger partial charge in [-0.05, 0) is 60.8 Å². The molecule has 0 atom stereocenters. The van der Waals surface area contributed by atoms with Gasteiger partial charge in [-0.15, -0.1) is 35.9 Å². The van der Waals surface area contributed by atoms with Crippen LogP contribution in [0.3, 0.4) is 0 Å². The van der Waals surface area contributed by atoms with E-state index in [2.05, 4.69) is 98.6 Å². The minimum absolute atomic E-state index is 0. The topological polar surface area (TPSA) is 52.1 Å². The second kappa shape index (κ2) is 14.9. The molecule has 0 aliphatic rings. The summed E-state index contributed by atoms with van der Waals surface area (Å²) in [6, 6.07) is 47.8. The molecule has 1 radical (unpaired) electrons. The molecule has 0 spiro atoms. The number of aromatic nitrogens is 2. The minimum Gasteiger partial charge on any atom is -0.501 e. The molecule has 9 aromatic rings. The number of hydrogen-bond acceptors (Lipinski definition) is 4. The van der Waals surface area contributed by atoms with Gasteiger partial charge < -0.3 is 18.8 Å². The average molecular weight is 841 g/mol. The maximum atomic E-state index is 6.40. The van der Waals surface area contributed by atoms with Gasteiger partial charge in [-0.3, -0.25) is 0 Å². The Hall–Kier alpha value is -5.35. The standard InChI is InChI=1S/C29H26NO.C17H10NO.Ir/c1-19(2)15-23-17-26(30-18-20(23)3)24-14-13-22(16-21-9-5-4-6-10-21)28-25-11-7-8-12-27(25)31-29(24)28;1-2-10-16-12(6-1)13-7-5-8-14(17(13)19-16)15-9-3-4-11-18-15;/h4-13,17-19H,15-16H2,1-3H3;1-7,9-11H;/q2*-1;. The van der Waals surface area contributed by atoms with Crippen LogP contribution in [-0.2, 0) is 32.9 Å². The Labute approximate surface area is 311 Å². The molecular formula is C46H36IrN2O2-2. The van der Waals surface area contributed by atoms with Gasteiger partial charge in [-0.1, -0.05) is 132 Å². The van der Waals surface area contributed by atoms with Crippen molar-refractivity contribution in [2.24, 2.45) is 5.92 Å². The molecule has 0 unspecified atom stereocenters. The fraction of sp³-hybridized carbons (Fsp3) is 0.130. The largest absolute Gasteiger partial charge is 0.501 e. The fourth-order valence-electron chi connectivity index (χ4n) is 6.74. The summed E-state index contributed by atoms with van der Waals surface area (Å²) in [5.74, 6) is 0.595. The molecule has 0 N–H and O–H groups in total. The number of rotatable bonds is 6. The van der Waals surface area contributed by atoms with Crippen LogP contribution in [0.5, 0.6) is 0 Å². The molecule has 5 heteroatoms. The molecule has 51 heavy (non-hydrogen) atoms. The molecule has 0 fully saturated rings. The summed E-state index contributed by atoms with van der Waals surface area (Å²) in [5, 5.41) is 4.55. The zero-order chi connectivity index (χ0) is 34.0. The van der Waals surface area contributed by atoms with Crippen LogP contribution in [-0.4, -0.2) is 9.97 Å². The van der Waals surface area contributed by atoms with Crippen LogP contribution in [0.15, 0.2) is 143 Å². The molecular weight excluding hydrogens is 805 g/mol. The number of nitrogens with zero attached hydrogens (tertiary/aromatic N) is 2. The molecule has 9 rings (SSSR count). The summed E-state index contributed by atoms with van der Waals surface area (Å²) in [7, 11) is 0. The molecule has 0 bridgehead atoms. The Morgan fingerprint density at radius 3 is 2.10 bits per heavy atom. The van der Waals surface area contributed by atoms with Gasteiger partial charge in [0.2, 0.25) is 0 Å². The van der Waals surface area contributed by atoms with E-state index in [4.69, 9.17) is 13.8 Å². The van der Waals surface area contributed by atoms with Crippen molar-refractivity contribution < 1.29 is 28.9 Å². The summed E-state index contributed by atoms with van der Waals surface area (Å²) in [5.41, 5.74) is 12.3. The zero-order valence-corrected chi connectivity index (χ0v) is 31.1. The van der Waals surface area contributed by atoms with Gasteiger partial charge in [0.25, 0.3) is 0 Å². The maximum absolute atomic E-state index is 6.40. The van der Waals surface area contributed by atoms with Crippen molar-refractivity contribution in [1.29, 1.82) is 0 Å². The first-order valence-corrected chi connectivity index (χ1v) is 17.1. The third kappa shape index (κ3) is 6.88. The quantitative estimate of drug-likeness (QED) is 0.157. The predicted molar refractivity (Wildman–Crippen MR) is 204 cm³/mol. The van der Waals surface area contributed by atoms with E-state index in [0.717, 1.165) is 73.8 Å². The van der Waals surface area contributed by atoms with Gasteiger partial charge in [0.15, 0.2) is 0 Å². The predicted octanol–water partition coefficient (Wildman–Crippen LogP) is 12.0. The van der Waals surface area contributed by atoms with Crippen molar-refractivity contribution in [1.82, 2.24) is 9.97 Å². The van der Waals surface area contributed by atoms with E-state index in [1.807, 2.05) is 66.9 Å². The molecule has 5 aromatic carbocycles. The van der Waals surface area contributed by atoms with Crippen molar-refractivity contribution in [2.75, 3.05) is 0 Å². The molecule has 0 amide bonds. The first-order chi connectivity index (χ1) is 24.5. The number of hydrogen-bond donors (Lipinski definition) is 0. The van der Waals surface area contributed by atoms with Gasteiger partial charge in [0, 0.05) is 43.3 Å². The van der Waals surface area contributed by atoms with Crippen LogP contribution >= 0.6 is 0 Å². The molecule has 0 saturated heterocycles. The summed E-state index contributed by atoms with van der Waals surface area (Å²) >= 11 is 0. The van der Waals surface area contributed by atoms with Crippen LogP contribution in [0.4, 0.5) is 0 Å². The van der Waals surface area contributed by atoms with E-state index in [-0.39, 0.29) is 20.1 Å². The second-order valence-electron chi connectivity index (χ2n) is 13.2. The van der Waals surface area contributed by atoms with Crippen molar-refractivity contribution >= 4 is 43.9 Å². The molecule has 4 aromatic heterocycles. The summed E-state index contributed by atoms with van der Waals surface area (Å²) in [6.45, 7) is 6.64. The van der Waals surface area contributed by atoms with Crippen molar-refractivity contribution in [3.05, 3.63) is 168 Å². The number of fused-ring (bicyclic) bond motifs is 6. The normalized spacial score (nSPS) is 11.2. The molecule has 253 valence electrons. The number of para-hydroxylation sites is 2. The number of benzene rings is 5. The van der Waals surface area contributed by atoms with Crippen molar-refractivity contribution in [2.45, 2.75) is 33.6 Å². The number of aryl methyl sites for hydroxylation is 1. The zero-order valence-electron chi connectivity index (χ0n) is 28.7. The van der Waals surface area contributed by atoms with Crippen LogP contribution in [0, 0.1) is 25.0 Å². The molecule has 4 heterocycles. The first kappa shape index (κ1) is 34.1. The van der Waals surface area contributed by atoms with E-state index in [9.17, 15) is 0 Å². The van der Waals surface area contributed by atoms with E-state index < -0.39 is 0 Å². The fourth-order valence-corrected chi connectivity index (χ4v) is 6.74. The number of pyridine rings is 2. The summed E-state index contributed by atoms with van der Waals surface area (Å²) < 4.78 is 12.4. The van der Waals surface area contributed by atoms with Crippen molar-refractivity contribution in [3.63, 3.8) is 0 Å². The first-order valence-electron chi connectivity index (χ1n) is 17.1. The minimum atomic E-state index is 0. The SMILES string of the molecule is Cc1cnc(-c2[c-]cc(Cc3ccccc3)c3c2oc2ccccc23)cc1CC(C)C.[Ir].[c-]1ccc2c(oc3ccccc32)c1-c1ccccn1. The van der Waals surface area contributed by atoms with E-state index >= 15 is 0 Å². The van der Waals surface area contributed by atoms with E-state index in [1.54, 1.807) is 6.20 Å². The van der Waals surface area contributed by atoms with Crippen molar-refractivity contribution in [3.8, 4) is 22.5 Å². The average Bonchev–Trinajstić information content (AvgIpc) is 3.73. The van der Waals surface area contributed by atoms with Gasteiger partial charge in [0.05, 0.1) is 11.2 Å². The van der Waals surface area contributed by atoms with Gasteiger partial charge in [-0.2, -0.15) is 0 Å². The molecule has 4 nitrogen and oxygen atoms in total. The van der Waals surface area contributed by atoms with Crippen LogP contribution in [0.1, 0.15) is 36.1 Å². The van der Waals surface area contributed by atoms with Crippen LogP contribution in [0.25, 0.3) is 66.4 Å². The molecule has 0 aliphatic heterocycles. The van der Waals surface area contributed by atoms with E-state index in [1.165, 1.54) is 27.6 Å². The van der Waals surface area contributed by atoms with Gasteiger partial charge in [0.1, 0.15) is 11.2 Å². The van der Waals surface area contributed by atoms with Gasteiger partial charge in [-0.25, -0.2) is 0 Å². The van der Waals surface area contributed by atoms with Crippen LogP contribution in [0.2, 0.25) is 0 Å². The third-order valence-electron chi connectivity index (χ3n) is 9.13. The second-order valence-corrected chi connectivity index (χ2v) is 13.2. The Morgan fingerprint density at radius 2 is 1.33 bits per heavy atom.